The largest absolute Gasteiger partial charge is 0.469 e. The monoisotopic (exact) mass is 394 g/mol. The van der Waals surface area contributed by atoms with Crippen molar-refractivity contribution in [1.29, 1.82) is 0 Å². The maximum atomic E-state index is 12.2. The Hall–Kier alpha value is -1.50. The number of carbonyl (C=O) groups excluding carboxylic acids is 2. The van der Waals surface area contributed by atoms with E-state index in [-0.39, 0.29) is 11.5 Å². The van der Waals surface area contributed by atoms with E-state index in [0.717, 1.165) is 11.8 Å². The fraction of sp³-hybridized carbons (Fsp3) is 0.619. The van der Waals surface area contributed by atoms with E-state index in [1.54, 1.807) is 0 Å². The molecular weight excluding hydrogens is 360 g/mol. The van der Waals surface area contributed by atoms with Crippen LogP contribution in [0, 0.1) is 5.92 Å². The Kier molecular flexibility index (Phi) is 9.36. The maximum Gasteiger partial charge on any atom is 0.311 e. The third-order valence-corrected chi connectivity index (χ3v) is 9.72. The highest BCUT2D eigenvalue weighted by atomic mass is 28.4. The predicted octanol–water partition coefficient (Wildman–Crippen LogP) is 4.36. The van der Waals surface area contributed by atoms with Crippen LogP contribution in [0.3, 0.4) is 0 Å². The van der Waals surface area contributed by atoms with Crippen molar-refractivity contribution < 1.29 is 23.5 Å². The van der Waals surface area contributed by atoms with Crippen molar-refractivity contribution in [2.75, 3.05) is 13.7 Å². The molecule has 0 saturated carbocycles. The topological polar surface area (TPSA) is 61.8 Å². The van der Waals surface area contributed by atoms with E-state index in [2.05, 4.69) is 33.9 Å². The lowest BCUT2D eigenvalue weighted by Gasteiger charge is -2.40. The van der Waals surface area contributed by atoms with E-state index < -0.39 is 26.3 Å². The average molecular weight is 395 g/mol. The van der Waals surface area contributed by atoms with Gasteiger partial charge >= 0.3 is 5.97 Å². The standard InChI is InChI=1S/C21H34O5Si/c1-21(2,3)27(5,6)26-19(18(12-14-22)20(23)24-4)13-15-25-16-17-10-8-7-9-11-17/h7-11,14,18-19H,12-13,15-16H2,1-6H3/t18-,19-/m1/s1. The van der Waals surface area contributed by atoms with Crippen LogP contribution in [-0.4, -0.2) is 40.4 Å². The predicted molar refractivity (Wildman–Crippen MR) is 109 cm³/mol. The maximum absolute atomic E-state index is 12.2. The molecular formula is C21H34O5Si. The van der Waals surface area contributed by atoms with Gasteiger partial charge in [0.2, 0.25) is 0 Å². The minimum absolute atomic E-state index is 0.00199. The first-order chi connectivity index (χ1) is 12.6. The fourth-order valence-corrected chi connectivity index (χ4v) is 3.91. The number of hydrogen-bond donors (Lipinski definition) is 0. The molecule has 0 amide bonds. The zero-order chi connectivity index (χ0) is 20.5. The summed E-state index contributed by atoms with van der Waals surface area (Å²) in [5, 5.41) is -0.00199. The molecule has 0 heterocycles. The molecule has 0 bridgehead atoms. The molecule has 0 aromatic heterocycles. The van der Waals surface area contributed by atoms with Crippen molar-refractivity contribution in [3.05, 3.63) is 35.9 Å². The first-order valence-corrected chi connectivity index (χ1v) is 12.3. The second-order valence-electron chi connectivity index (χ2n) is 8.28. The van der Waals surface area contributed by atoms with E-state index in [1.807, 2.05) is 30.3 Å². The molecule has 0 spiro atoms. The molecule has 1 aromatic carbocycles. The van der Waals surface area contributed by atoms with E-state index in [9.17, 15) is 9.59 Å². The van der Waals surface area contributed by atoms with Gasteiger partial charge in [-0.1, -0.05) is 51.1 Å². The lowest BCUT2D eigenvalue weighted by Crippen LogP contribution is -2.47. The van der Waals surface area contributed by atoms with E-state index >= 15 is 0 Å². The lowest BCUT2D eigenvalue weighted by atomic mass is 9.97. The Balaban J connectivity index is 2.82. The van der Waals surface area contributed by atoms with Crippen LogP contribution in [0.25, 0.3) is 0 Å². The van der Waals surface area contributed by atoms with Gasteiger partial charge in [0.05, 0.1) is 25.7 Å². The summed E-state index contributed by atoms with van der Waals surface area (Å²) in [6.07, 6.45) is 0.978. The molecule has 0 saturated heterocycles. The summed E-state index contributed by atoms with van der Waals surface area (Å²) in [7, 11) is -0.779. The van der Waals surface area contributed by atoms with Gasteiger partial charge in [-0.05, 0) is 30.1 Å². The molecule has 0 aliphatic rings. The number of aldehydes is 1. The molecule has 0 fully saturated rings. The van der Waals surface area contributed by atoms with E-state index in [0.29, 0.717) is 19.6 Å². The van der Waals surface area contributed by atoms with E-state index in [1.165, 1.54) is 7.11 Å². The quantitative estimate of drug-likeness (QED) is 0.241. The number of esters is 1. The van der Waals surface area contributed by atoms with Crippen LogP contribution in [0.2, 0.25) is 18.1 Å². The number of methoxy groups -OCH3 is 1. The molecule has 6 heteroatoms. The number of ether oxygens (including phenoxy) is 2. The van der Waals surface area contributed by atoms with Crippen molar-refractivity contribution in [1.82, 2.24) is 0 Å². The van der Waals surface area contributed by atoms with E-state index in [4.69, 9.17) is 13.9 Å². The average Bonchev–Trinajstić information content (AvgIpc) is 2.61. The van der Waals surface area contributed by atoms with Gasteiger partial charge in [0.25, 0.3) is 0 Å². The second kappa shape index (κ2) is 10.7. The summed E-state index contributed by atoms with van der Waals surface area (Å²) in [4.78, 5) is 23.4. The summed E-state index contributed by atoms with van der Waals surface area (Å²) in [5.74, 6) is -1.02. The van der Waals surface area contributed by atoms with Gasteiger partial charge in [-0.3, -0.25) is 4.79 Å². The normalized spacial score (nSPS) is 14.4. The minimum Gasteiger partial charge on any atom is -0.469 e. The fourth-order valence-electron chi connectivity index (χ4n) is 2.52. The summed E-state index contributed by atoms with van der Waals surface area (Å²) >= 11 is 0. The number of rotatable bonds is 11. The zero-order valence-electron chi connectivity index (χ0n) is 17.5. The Morgan fingerprint density at radius 2 is 1.81 bits per heavy atom. The molecule has 0 aliphatic heterocycles. The van der Waals surface area contributed by atoms with Gasteiger partial charge < -0.3 is 18.7 Å². The molecule has 0 unspecified atom stereocenters. The van der Waals surface area contributed by atoms with Gasteiger partial charge in [0, 0.05) is 13.0 Å². The summed E-state index contributed by atoms with van der Waals surface area (Å²) in [6, 6.07) is 9.92. The van der Waals surface area contributed by atoms with Crippen LogP contribution in [0.1, 0.15) is 39.2 Å². The first-order valence-electron chi connectivity index (χ1n) is 9.43. The highest BCUT2D eigenvalue weighted by Crippen LogP contribution is 2.39. The Bertz CT molecular complexity index is 580. The second-order valence-corrected chi connectivity index (χ2v) is 13.0. The van der Waals surface area contributed by atoms with Crippen LogP contribution in [0.5, 0.6) is 0 Å². The third kappa shape index (κ3) is 7.56. The van der Waals surface area contributed by atoms with Crippen molar-refractivity contribution in [3.8, 4) is 0 Å². The minimum atomic E-state index is -2.12. The van der Waals surface area contributed by atoms with Crippen molar-refractivity contribution in [3.63, 3.8) is 0 Å². The highest BCUT2D eigenvalue weighted by Gasteiger charge is 2.42. The number of benzene rings is 1. The molecule has 1 rings (SSSR count). The molecule has 0 aliphatic carbocycles. The molecule has 5 nitrogen and oxygen atoms in total. The summed E-state index contributed by atoms with van der Waals surface area (Å²) in [5.41, 5.74) is 1.09. The van der Waals surface area contributed by atoms with Crippen molar-refractivity contribution in [2.45, 2.75) is 64.5 Å². The first kappa shape index (κ1) is 23.5. The Morgan fingerprint density at radius 3 is 2.33 bits per heavy atom. The Labute approximate surface area is 164 Å². The van der Waals surface area contributed by atoms with Crippen LogP contribution < -0.4 is 0 Å². The van der Waals surface area contributed by atoms with Gasteiger partial charge in [0.1, 0.15) is 6.29 Å². The van der Waals surface area contributed by atoms with Gasteiger partial charge in [-0.15, -0.1) is 0 Å². The number of carbonyl (C=O) groups is 2. The smallest absolute Gasteiger partial charge is 0.311 e. The summed E-state index contributed by atoms with van der Waals surface area (Å²) in [6.45, 7) is 11.7. The van der Waals surface area contributed by atoms with Crippen LogP contribution in [0.15, 0.2) is 30.3 Å². The molecule has 2 atom stereocenters. The van der Waals surface area contributed by atoms with Crippen molar-refractivity contribution >= 4 is 20.6 Å². The van der Waals surface area contributed by atoms with Crippen molar-refractivity contribution in [2.24, 2.45) is 5.92 Å². The van der Waals surface area contributed by atoms with Gasteiger partial charge in [-0.2, -0.15) is 0 Å². The van der Waals surface area contributed by atoms with Crippen LogP contribution in [-0.2, 0) is 30.1 Å². The highest BCUT2D eigenvalue weighted by molar-refractivity contribution is 6.74. The molecule has 0 N–H and O–H groups in total. The zero-order valence-corrected chi connectivity index (χ0v) is 18.5. The molecule has 1 aromatic rings. The summed E-state index contributed by atoms with van der Waals surface area (Å²) < 4.78 is 17.2. The van der Waals surface area contributed by atoms with Gasteiger partial charge in [-0.25, -0.2) is 0 Å². The van der Waals surface area contributed by atoms with Crippen LogP contribution in [0.4, 0.5) is 0 Å². The SMILES string of the molecule is COC(=O)[C@H](CC=O)[C@@H](CCOCc1ccccc1)O[Si](C)(C)C(C)(C)C. The molecule has 27 heavy (non-hydrogen) atoms. The Morgan fingerprint density at radius 1 is 1.19 bits per heavy atom. The number of hydrogen-bond acceptors (Lipinski definition) is 5. The lowest BCUT2D eigenvalue weighted by molar-refractivity contribution is -0.150. The van der Waals surface area contributed by atoms with Crippen LogP contribution >= 0.6 is 0 Å². The molecule has 0 radical (unpaired) electrons. The third-order valence-electron chi connectivity index (χ3n) is 5.21. The van der Waals surface area contributed by atoms with Gasteiger partial charge in [0.15, 0.2) is 8.32 Å². The molecule has 152 valence electrons.